The van der Waals surface area contributed by atoms with Gasteiger partial charge in [0.1, 0.15) is 11.5 Å². The molecule has 0 radical (unpaired) electrons. The molecule has 160 valence electrons. The van der Waals surface area contributed by atoms with Gasteiger partial charge >= 0.3 is 5.97 Å². The highest BCUT2D eigenvalue weighted by atomic mass is 16.5. The van der Waals surface area contributed by atoms with Crippen molar-refractivity contribution in [3.63, 3.8) is 0 Å². The van der Waals surface area contributed by atoms with E-state index in [1.165, 1.54) is 11.0 Å². The van der Waals surface area contributed by atoms with Crippen molar-refractivity contribution >= 4 is 28.7 Å². The van der Waals surface area contributed by atoms with Crippen molar-refractivity contribution in [2.45, 2.75) is 6.54 Å². The SMILES string of the molecule is COc1cccc(/C=C/C(=O)OCC(=O)N(C)Cc2ccc3cc(OC)ccc3c2)c1. The summed E-state index contributed by atoms with van der Waals surface area (Å²) in [6, 6.07) is 19.1. The molecule has 0 saturated heterocycles. The number of methoxy groups -OCH3 is 2. The number of carbonyl (C=O) groups is 2. The molecule has 1 amide bonds. The predicted molar refractivity (Wildman–Crippen MR) is 120 cm³/mol. The first kappa shape index (κ1) is 21.9. The molecule has 0 N–H and O–H groups in total. The number of amides is 1. The molecule has 0 saturated carbocycles. The van der Waals surface area contributed by atoms with Gasteiger partial charge in [-0.2, -0.15) is 0 Å². The lowest BCUT2D eigenvalue weighted by Gasteiger charge is -2.17. The number of nitrogens with zero attached hydrogens (tertiary/aromatic N) is 1. The van der Waals surface area contributed by atoms with Crippen LogP contribution in [0.4, 0.5) is 0 Å². The maximum absolute atomic E-state index is 12.3. The van der Waals surface area contributed by atoms with Crippen LogP contribution in [-0.2, 0) is 20.9 Å². The number of hydrogen-bond donors (Lipinski definition) is 0. The highest BCUT2D eigenvalue weighted by molar-refractivity contribution is 5.89. The molecule has 31 heavy (non-hydrogen) atoms. The van der Waals surface area contributed by atoms with Gasteiger partial charge in [-0.1, -0.05) is 30.3 Å². The molecule has 0 aliphatic heterocycles. The summed E-state index contributed by atoms with van der Waals surface area (Å²) < 4.78 is 15.5. The van der Waals surface area contributed by atoms with E-state index in [0.717, 1.165) is 27.6 Å². The zero-order chi connectivity index (χ0) is 22.2. The second-order valence-corrected chi connectivity index (χ2v) is 7.01. The summed E-state index contributed by atoms with van der Waals surface area (Å²) in [7, 11) is 4.90. The van der Waals surface area contributed by atoms with Gasteiger partial charge in [-0.05, 0) is 58.3 Å². The van der Waals surface area contributed by atoms with E-state index in [2.05, 4.69) is 0 Å². The van der Waals surface area contributed by atoms with Gasteiger partial charge in [0, 0.05) is 19.7 Å². The molecule has 6 heteroatoms. The number of likely N-dealkylation sites (N-methyl/N-ethyl adjacent to an activating group) is 1. The van der Waals surface area contributed by atoms with Gasteiger partial charge in [0.05, 0.1) is 14.2 Å². The molecule has 0 aliphatic carbocycles. The minimum Gasteiger partial charge on any atom is -0.497 e. The molecule has 0 heterocycles. The Balaban J connectivity index is 1.52. The zero-order valence-electron chi connectivity index (χ0n) is 17.8. The maximum Gasteiger partial charge on any atom is 0.331 e. The van der Waals surface area contributed by atoms with Crippen LogP contribution in [-0.4, -0.2) is 44.7 Å². The van der Waals surface area contributed by atoms with Crippen LogP contribution in [0.25, 0.3) is 16.8 Å². The molecule has 0 unspecified atom stereocenters. The van der Waals surface area contributed by atoms with E-state index in [4.69, 9.17) is 14.2 Å². The second kappa shape index (κ2) is 10.3. The quantitative estimate of drug-likeness (QED) is 0.407. The fraction of sp³-hybridized carbons (Fsp3) is 0.200. The van der Waals surface area contributed by atoms with E-state index in [1.807, 2.05) is 54.6 Å². The van der Waals surface area contributed by atoms with Gasteiger partial charge in [-0.3, -0.25) is 4.79 Å². The Morgan fingerprint density at radius 2 is 1.61 bits per heavy atom. The molecule has 3 aromatic carbocycles. The highest BCUT2D eigenvalue weighted by Crippen LogP contribution is 2.22. The standard InChI is InChI=1S/C25H25NO5/c1-26(16-19-7-9-21-15-23(30-3)11-10-20(21)13-19)24(27)17-31-25(28)12-8-18-5-4-6-22(14-18)29-2/h4-15H,16-17H2,1-3H3/b12-8+. The van der Waals surface area contributed by atoms with Gasteiger partial charge in [0.15, 0.2) is 6.61 Å². The molecule has 0 spiro atoms. The van der Waals surface area contributed by atoms with Crippen molar-refractivity contribution < 1.29 is 23.8 Å². The summed E-state index contributed by atoms with van der Waals surface area (Å²) in [6.45, 7) is 0.0978. The van der Waals surface area contributed by atoms with Gasteiger partial charge in [-0.25, -0.2) is 4.79 Å². The monoisotopic (exact) mass is 419 g/mol. The molecule has 3 rings (SSSR count). The summed E-state index contributed by atoms with van der Waals surface area (Å²) in [4.78, 5) is 25.8. The number of carbonyl (C=O) groups excluding carboxylic acids is 2. The summed E-state index contributed by atoms with van der Waals surface area (Å²) >= 11 is 0. The highest BCUT2D eigenvalue weighted by Gasteiger charge is 2.12. The maximum atomic E-state index is 12.3. The van der Waals surface area contributed by atoms with Crippen molar-refractivity contribution in [3.8, 4) is 11.5 Å². The number of ether oxygens (including phenoxy) is 3. The zero-order valence-corrected chi connectivity index (χ0v) is 17.8. The van der Waals surface area contributed by atoms with Crippen molar-refractivity contribution in [1.82, 2.24) is 4.90 Å². The first-order valence-electron chi connectivity index (χ1n) is 9.78. The van der Waals surface area contributed by atoms with Crippen LogP contribution in [0.15, 0.2) is 66.7 Å². The molecule has 0 bridgehead atoms. The van der Waals surface area contributed by atoms with Gasteiger partial charge in [-0.15, -0.1) is 0 Å². The normalized spacial score (nSPS) is 10.8. The fourth-order valence-electron chi connectivity index (χ4n) is 3.06. The Labute approximate surface area is 181 Å². The molecule has 0 aliphatic rings. The van der Waals surface area contributed by atoms with E-state index in [0.29, 0.717) is 12.3 Å². The van der Waals surface area contributed by atoms with Crippen LogP contribution in [0.2, 0.25) is 0 Å². The van der Waals surface area contributed by atoms with Crippen molar-refractivity contribution in [2.24, 2.45) is 0 Å². The third-order valence-corrected chi connectivity index (χ3v) is 4.80. The van der Waals surface area contributed by atoms with Crippen molar-refractivity contribution in [1.29, 1.82) is 0 Å². The van der Waals surface area contributed by atoms with Crippen LogP contribution >= 0.6 is 0 Å². The first-order chi connectivity index (χ1) is 15.0. The lowest BCUT2D eigenvalue weighted by Crippen LogP contribution is -2.30. The summed E-state index contributed by atoms with van der Waals surface area (Å²) in [6.07, 6.45) is 2.91. The Morgan fingerprint density at radius 3 is 2.39 bits per heavy atom. The Hall–Kier alpha value is -3.80. The summed E-state index contributed by atoms with van der Waals surface area (Å²) in [5, 5.41) is 2.13. The molecule has 6 nitrogen and oxygen atoms in total. The van der Waals surface area contributed by atoms with E-state index in [-0.39, 0.29) is 12.5 Å². The Bertz CT molecular complexity index is 1110. The number of fused-ring (bicyclic) bond motifs is 1. The van der Waals surface area contributed by atoms with Crippen LogP contribution < -0.4 is 9.47 Å². The van der Waals surface area contributed by atoms with Crippen molar-refractivity contribution in [2.75, 3.05) is 27.9 Å². The van der Waals surface area contributed by atoms with E-state index < -0.39 is 5.97 Å². The van der Waals surface area contributed by atoms with Gasteiger partial charge in [0.2, 0.25) is 0 Å². The molecule has 0 fully saturated rings. The van der Waals surface area contributed by atoms with Gasteiger partial charge in [0.25, 0.3) is 5.91 Å². The lowest BCUT2D eigenvalue weighted by molar-refractivity contribution is -0.147. The Kier molecular flexibility index (Phi) is 7.27. The average Bonchev–Trinajstić information content (AvgIpc) is 2.80. The van der Waals surface area contributed by atoms with Crippen LogP contribution in [0.5, 0.6) is 11.5 Å². The van der Waals surface area contributed by atoms with E-state index >= 15 is 0 Å². The molecular weight excluding hydrogens is 394 g/mol. The smallest absolute Gasteiger partial charge is 0.331 e. The lowest BCUT2D eigenvalue weighted by atomic mass is 10.1. The number of benzene rings is 3. The summed E-state index contributed by atoms with van der Waals surface area (Å²) in [5.74, 6) is 0.636. The van der Waals surface area contributed by atoms with E-state index in [9.17, 15) is 9.59 Å². The van der Waals surface area contributed by atoms with Crippen LogP contribution in [0.1, 0.15) is 11.1 Å². The van der Waals surface area contributed by atoms with Gasteiger partial charge < -0.3 is 19.1 Å². The second-order valence-electron chi connectivity index (χ2n) is 7.01. The molecule has 0 aromatic heterocycles. The van der Waals surface area contributed by atoms with Crippen molar-refractivity contribution in [3.05, 3.63) is 77.9 Å². The fourth-order valence-corrected chi connectivity index (χ4v) is 3.06. The Morgan fingerprint density at radius 1 is 0.903 bits per heavy atom. The topological polar surface area (TPSA) is 65.1 Å². The largest absolute Gasteiger partial charge is 0.497 e. The third-order valence-electron chi connectivity index (χ3n) is 4.80. The minimum absolute atomic E-state index is 0.280. The molecule has 3 aromatic rings. The molecular formula is C25H25NO5. The summed E-state index contributed by atoms with van der Waals surface area (Å²) in [5.41, 5.74) is 1.78. The number of esters is 1. The van der Waals surface area contributed by atoms with Crippen LogP contribution in [0.3, 0.4) is 0 Å². The predicted octanol–water partition coefficient (Wildman–Crippen LogP) is 4.07. The van der Waals surface area contributed by atoms with Crippen LogP contribution in [0, 0.1) is 0 Å². The third kappa shape index (κ3) is 6.09. The first-order valence-corrected chi connectivity index (χ1v) is 9.78. The number of hydrogen-bond acceptors (Lipinski definition) is 5. The van der Waals surface area contributed by atoms with E-state index in [1.54, 1.807) is 33.4 Å². The average molecular weight is 419 g/mol. The molecule has 0 atom stereocenters. The number of rotatable bonds is 8. The minimum atomic E-state index is -0.579.